The Hall–Kier alpha value is -1.14. The Bertz CT molecular complexity index is 627. The van der Waals surface area contributed by atoms with Crippen LogP contribution in [0.3, 0.4) is 0 Å². The van der Waals surface area contributed by atoms with Crippen molar-refractivity contribution in [3.63, 3.8) is 0 Å². The van der Waals surface area contributed by atoms with E-state index >= 15 is 0 Å². The van der Waals surface area contributed by atoms with Crippen LogP contribution >= 0.6 is 0 Å². The van der Waals surface area contributed by atoms with Gasteiger partial charge in [0.05, 0.1) is 13.2 Å². The Morgan fingerprint density at radius 3 is 1.41 bits per heavy atom. The second-order valence-corrected chi connectivity index (χ2v) is 13.8. The Kier molecular flexibility index (Phi) is 35.8. The van der Waals surface area contributed by atoms with Crippen molar-refractivity contribution in [1.82, 2.24) is 4.90 Å². The molecule has 0 heterocycles. The molecule has 46 heavy (non-hydrogen) atoms. The van der Waals surface area contributed by atoms with Gasteiger partial charge in [-0.05, 0) is 70.9 Å². The molecule has 0 bridgehead atoms. The van der Waals surface area contributed by atoms with Gasteiger partial charge in [-0.1, -0.05) is 136 Å². The van der Waals surface area contributed by atoms with E-state index in [1.54, 1.807) is 0 Å². The van der Waals surface area contributed by atoms with Crippen LogP contribution in [0.15, 0.2) is 0 Å². The number of unbranched alkanes of at least 4 members (excludes halogenated alkanes) is 20. The monoisotopic (exact) mass is 654 g/mol. The third-order valence-corrected chi connectivity index (χ3v) is 9.20. The molecule has 0 radical (unpaired) electrons. The van der Waals surface area contributed by atoms with E-state index in [9.17, 15) is 14.7 Å². The average Bonchev–Trinajstić information content (AvgIpc) is 3.05. The molecule has 0 amide bonds. The molecule has 0 aromatic rings. The van der Waals surface area contributed by atoms with Gasteiger partial charge in [-0.25, -0.2) is 0 Å². The number of nitrogens with zero attached hydrogens (tertiary/aromatic N) is 1. The predicted octanol–water partition coefficient (Wildman–Crippen LogP) is 11.1. The van der Waals surface area contributed by atoms with Crippen molar-refractivity contribution in [2.75, 3.05) is 32.8 Å². The normalized spacial score (nSPS) is 11.5. The van der Waals surface area contributed by atoms with Crippen molar-refractivity contribution in [3.05, 3.63) is 0 Å². The molecule has 6 heteroatoms. The molecule has 0 aromatic carbocycles. The predicted molar refractivity (Wildman–Crippen MR) is 195 cm³/mol. The summed E-state index contributed by atoms with van der Waals surface area (Å²) in [5.74, 6) is -0.0326. The quantitative estimate of drug-likeness (QED) is 0.0531. The van der Waals surface area contributed by atoms with Crippen LogP contribution in [0.2, 0.25) is 0 Å². The van der Waals surface area contributed by atoms with Crippen LogP contribution in [-0.2, 0) is 19.1 Å². The smallest absolute Gasteiger partial charge is 0.306 e. The Morgan fingerprint density at radius 2 is 0.913 bits per heavy atom. The summed E-state index contributed by atoms with van der Waals surface area (Å²) in [6, 6.07) is 0. The summed E-state index contributed by atoms with van der Waals surface area (Å²) in [5.41, 5.74) is 0. The summed E-state index contributed by atoms with van der Waals surface area (Å²) in [4.78, 5) is 26.8. The molecule has 6 nitrogen and oxygen atoms in total. The highest BCUT2D eigenvalue weighted by molar-refractivity contribution is 5.69. The van der Waals surface area contributed by atoms with E-state index in [4.69, 9.17) is 9.47 Å². The maximum atomic E-state index is 12.6. The van der Waals surface area contributed by atoms with Crippen molar-refractivity contribution < 1.29 is 24.2 Å². The number of ether oxygens (including phenoxy) is 2. The topological polar surface area (TPSA) is 76.1 Å². The highest BCUT2D eigenvalue weighted by Gasteiger charge is 2.14. The molecular weight excluding hydrogens is 574 g/mol. The third-order valence-electron chi connectivity index (χ3n) is 9.20. The largest absolute Gasteiger partial charge is 0.466 e. The van der Waals surface area contributed by atoms with E-state index in [-0.39, 0.29) is 24.6 Å². The first-order valence-corrected chi connectivity index (χ1v) is 20.3. The maximum Gasteiger partial charge on any atom is 0.306 e. The second kappa shape index (κ2) is 36.7. The number of esters is 2. The minimum absolute atomic E-state index is 0.0124. The minimum atomic E-state index is -0.0450. The molecule has 0 atom stereocenters. The number of aliphatic hydroxyl groups excluding tert-OH is 1. The van der Waals surface area contributed by atoms with E-state index in [1.807, 2.05) is 0 Å². The second-order valence-electron chi connectivity index (χ2n) is 13.8. The molecule has 0 aliphatic carbocycles. The van der Waals surface area contributed by atoms with Crippen LogP contribution in [0, 0.1) is 0 Å². The summed E-state index contributed by atoms with van der Waals surface area (Å²) in [6.45, 7) is 10.3. The van der Waals surface area contributed by atoms with Crippen molar-refractivity contribution in [1.29, 1.82) is 0 Å². The fourth-order valence-electron chi connectivity index (χ4n) is 6.17. The highest BCUT2D eigenvalue weighted by Crippen LogP contribution is 2.18. The molecule has 274 valence electrons. The first kappa shape index (κ1) is 44.9. The van der Waals surface area contributed by atoms with Gasteiger partial charge < -0.3 is 19.5 Å². The Labute approximate surface area is 286 Å². The molecule has 0 rings (SSSR count). The summed E-state index contributed by atoms with van der Waals surface area (Å²) in [6.07, 6.45) is 32.9. The van der Waals surface area contributed by atoms with Crippen LogP contribution in [0.1, 0.15) is 207 Å². The zero-order valence-electron chi connectivity index (χ0n) is 31.1. The van der Waals surface area contributed by atoms with Gasteiger partial charge in [-0.2, -0.15) is 0 Å². The maximum absolute atomic E-state index is 12.6. The average molecular weight is 654 g/mol. The van der Waals surface area contributed by atoms with Crippen LogP contribution in [0.4, 0.5) is 0 Å². The number of hydrogen-bond donors (Lipinski definition) is 1. The lowest BCUT2D eigenvalue weighted by molar-refractivity contribution is -0.150. The fraction of sp³-hybridized carbons (Fsp3) is 0.950. The third kappa shape index (κ3) is 32.8. The van der Waals surface area contributed by atoms with Crippen molar-refractivity contribution in [3.8, 4) is 0 Å². The Morgan fingerprint density at radius 1 is 0.500 bits per heavy atom. The number of carbonyl (C=O) groups excluding carboxylic acids is 2. The number of hydrogen-bond acceptors (Lipinski definition) is 6. The minimum Gasteiger partial charge on any atom is -0.466 e. The zero-order valence-corrected chi connectivity index (χ0v) is 31.1. The standard InChI is InChI=1S/C40H79NO5/c1-4-7-10-12-16-22-29-38(30-23-17-13-11-8-5-2)46-40(44)32-25-19-15-21-27-34-41(35-36-42)33-26-20-14-18-24-31-39(43)45-37-28-9-6-3/h38,42H,4-37H2,1-3H3. The van der Waals surface area contributed by atoms with Crippen LogP contribution in [0.5, 0.6) is 0 Å². The summed E-state index contributed by atoms with van der Waals surface area (Å²) in [5, 5.41) is 9.49. The van der Waals surface area contributed by atoms with Crippen LogP contribution < -0.4 is 0 Å². The van der Waals surface area contributed by atoms with Gasteiger partial charge in [0.2, 0.25) is 0 Å². The van der Waals surface area contributed by atoms with Gasteiger partial charge in [0, 0.05) is 19.4 Å². The molecule has 0 aliphatic rings. The van der Waals surface area contributed by atoms with E-state index in [2.05, 4.69) is 25.7 Å². The SMILES string of the molecule is CCCCCCCCC(CCCCCCCC)OC(=O)CCCCCCCN(CCO)CCCCCCCC(=O)OCCCCC. The number of rotatable bonds is 37. The summed E-state index contributed by atoms with van der Waals surface area (Å²) >= 11 is 0. The molecular formula is C40H79NO5. The van der Waals surface area contributed by atoms with Crippen molar-refractivity contribution in [2.45, 2.75) is 213 Å². The Balaban J connectivity index is 4.00. The number of aliphatic hydroxyl groups is 1. The fourth-order valence-corrected chi connectivity index (χ4v) is 6.17. The van der Waals surface area contributed by atoms with Gasteiger partial charge in [0.25, 0.3) is 0 Å². The van der Waals surface area contributed by atoms with Gasteiger partial charge in [0.1, 0.15) is 6.10 Å². The van der Waals surface area contributed by atoms with Crippen molar-refractivity contribution >= 4 is 11.9 Å². The lowest BCUT2D eigenvalue weighted by Crippen LogP contribution is -2.29. The van der Waals surface area contributed by atoms with E-state index in [1.165, 1.54) is 89.9 Å². The van der Waals surface area contributed by atoms with Crippen molar-refractivity contribution in [2.24, 2.45) is 0 Å². The van der Waals surface area contributed by atoms with Crippen LogP contribution in [-0.4, -0.2) is 60.9 Å². The van der Waals surface area contributed by atoms with Gasteiger partial charge in [-0.15, -0.1) is 0 Å². The molecule has 0 fully saturated rings. The van der Waals surface area contributed by atoms with E-state index in [0.717, 1.165) is 103 Å². The zero-order chi connectivity index (χ0) is 33.8. The van der Waals surface area contributed by atoms with Gasteiger partial charge in [-0.3, -0.25) is 9.59 Å². The molecule has 0 saturated heterocycles. The molecule has 0 saturated carbocycles. The molecule has 0 aromatic heterocycles. The summed E-state index contributed by atoms with van der Waals surface area (Å²) < 4.78 is 11.3. The lowest BCUT2D eigenvalue weighted by Gasteiger charge is -2.21. The molecule has 1 N–H and O–H groups in total. The van der Waals surface area contributed by atoms with Crippen LogP contribution in [0.25, 0.3) is 0 Å². The lowest BCUT2D eigenvalue weighted by atomic mass is 10.0. The molecule has 0 unspecified atom stereocenters. The van der Waals surface area contributed by atoms with Gasteiger partial charge in [0.15, 0.2) is 0 Å². The molecule has 0 aliphatic heterocycles. The first-order chi connectivity index (χ1) is 22.6. The van der Waals surface area contributed by atoms with E-state index in [0.29, 0.717) is 19.4 Å². The highest BCUT2D eigenvalue weighted by atomic mass is 16.5. The first-order valence-electron chi connectivity index (χ1n) is 20.3. The summed E-state index contributed by atoms with van der Waals surface area (Å²) in [7, 11) is 0. The van der Waals surface area contributed by atoms with Gasteiger partial charge >= 0.3 is 11.9 Å². The molecule has 0 spiro atoms. The van der Waals surface area contributed by atoms with E-state index < -0.39 is 0 Å². The number of carbonyl (C=O) groups is 2.